The first-order valence-electron chi connectivity index (χ1n) is 5.39. The molecule has 0 aliphatic carbocycles. The Balaban J connectivity index is 2.31. The van der Waals surface area contributed by atoms with E-state index in [2.05, 4.69) is 5.32 Å². The molecule has 0 saturated heterocycles. The fourth-order valence-corrected chi connectivity index (χ4v) is 1.91. The third-order valence-electron chi connectivity index (χ3n) is 2.50. The van der Waals surface area contributed by atoms with Crippen molar-refractivity contribution in [3.8, 4) is 0 Å². The van der Waals surface area contributed by atoms with Gasteiger partial charge in [-0.1, -0.05) is 23.2 Å². The maximum atomic E-state index is 13.6. The molecule has 0 saturated carbocycles. The maximum Gasteiger partial charge on any atom is 0.258 e. The highest BCUT2D eigenvalue weighted by atomic mass is 35.5. The third kappa shape index (κ3) is 3.00. The van der Waals surface area contributed by atoms with Gasteiger partial charge in [-0.15, -0.1) is 0 Å². The molecular weight excluding hydrogens is 309 g/mol. The Labute approximate surface area is 123 Å². The van der Waals surface area contributed by atoms with Crippen molar-refractivity contribution in [3.63, 3.8) is 0 Å². The number of hydrogen-bond donors (Lipinski definition) is 2. The lowest BCUT2D eigenvalue weighted by molar-refractivity contribution is 0.102. The number of nitrogens with one attached hydrogen (secondary N) is 1. The molecule has 0 atom stereocenters. The van der Waals surface area contributed by atoms with E-state index in [1.807, 2.05) is 0 Å². The van der Waals surface area contributed by atoms with Crippen LogP contribution in [0, 0.1) is 11.6 Å². The van der Waals surface area contributed by atoms with E-state index >= 15 is 0 Å². The summed E-state index contributed by atoms with van der Waals surface area (Å²) < 4.78 is 26.9. The van der Waals surface area contributed by atoms with Crippen LogP contribution in [0.25, 0.3) is 0 Å². The van der Waals surface area contributed by atoms with Gasteiger partial charge in [0.2, 0.25) is 0 Å². The van der Waals surface area contributed by atoms with Gasteiger partial charge in [-0.2, -0.15) is 0 Å². The zero-order valence-corrected chi connectivity index (χ0v) is 11.4. The van der Waals surface area contributed by atoms with Crippen LogP contribution in [0.15, 0.2) is 30.3 Å². The van der Waals surface area contributed by atoms with Gasteiger partial charge in [-0.05, 0) is 30.3 Å². The Morgan fingerprint density at radius 2 is 1.75 bits per heavy atom. The van der Waals surface area contributed by atoms with Crippen molar-refractivity contribution in [2.75, 3.05) is 11.1 Å². The van der Waals surface area contributed by atoms with Crippen LogP contribution < -0.4 is 11.1 Å². The van der Waals surface area contributed by atoms with Crippen LogP contribution in [0.4, 0.5) is 20.2 Å². The van der Waals surface area contributed by atoms with Gasteiger partial charge in [0.15, 0.2) is 0 Å². The van der Waals surface area contributed by atoms with Crippen LogP contribution in [-0.4, -0.2) is 5.91 Å². The summed E-state index contributed by atoms with van der Waals surface area (Å²) in [5.41, 5.74) is 5.69. The zero-order valence-electron chi connectivity index (χ0n) is 9.88. The predicted molar refractivity (Wildman–Crippen MR) is 75.2 cm³/mol. The molecule has 0 fully saturated rings. The lowest BCUT2D eigenvalue weighted by Crippen LogP contribution is -2.14. The molecule has 1 amide bonds. The van der Waals surface area contributed by atoms with Crippen LogP contribution in [0.2, 0.25) is 10.0 Å². The van der Waals surface area contributed by atoms with Crippen molar-refractivity contribution >= 4 is 40.5 Å². The molecule has 0 aliphatic rings. The molecule has 0 aliphatic heterocycles. The number of nitrogen functional groups attached to an aromatic ring is 1. The van der Waals surface area contributed by atoms with Gasteiger partial charge in [0.1, 0.15) is 11.6 Å². The lowest BCUT2D eigenvalue weighted by Gasteiger charge is -2.09. The standard InChI is InChI=1S/C13H8Cl2F2N2O/c14-8-5-10(16)7(4-11(8)17)13(20)19-12-2-1-6(18)3-9(12)15/h1-5H,18H2,(H,19,20). The van der Waals surface area contributed by atoms with Gasteiger partial charge < -0.3 is 11.1 Å². The minimum atomic E-state index is -0.930. The SMILES string of the molecule is Nc1ccc(NC(=O)c2cc(F)c(Cl)cc2F)c(Cl)c1. The molecule has 104 valence electrons. The van der Waals surface area contributed by atoms with Crippen LogP contribution in [0.1, 0.15) is 10.4 Å². The van der Waals surface area contributed by atoms with Crippen LogP contribution >= 0.6 is 23.2 Å². The normalized spacial score (nSPS) is 10.4. The van der Waals surface area contributed by atoms with Crippen LogP contribution in [-0.2, 0) is 0 Å². The van der Waals surface area contributed by atoms with E-state index in [4.69, 9.17) is 28.9 Å². The molecule has 3 nitrogen and oxygen atoms in total. The molecule has 0 radical (unpaired) electrons. The number of carbonyl (C=O) groups excluding carboxylic acids is 1. The van der Waals surface area contributed by atoms with E-state index in [1.165, 1.54) is 18.2 Å². The number of halogens is 4. The van der Waals surface area contributed by atoms with E-state index in [1.54, 1.807) is 0 Å². The molecule has 0 aromatic heterocycles. The molecule has 0 heterocycles. The minimum absolute atomic E-state index is 0.188. The average Bonchev–Trinajstić information content (AvgIpc) is 2.37. The second kappa shape index (κ2) is 5.64. The Morgan fingerprint density at radius 3 is 2.40 bits per heavy atom. The Bertz CT molecular complexity index is 692. The second-order valence-electron chi connectivity index (χ2n) is 3.94. The van der Waals surface area contributed by atoms with Crippen molar-refractivity contribution in [1.82, 2.24) is 0 Å². The van der Waals surface area contributed by atoms with Gasteiger partial charge >= 0.3 is 0 Å². The smallest absolute Gasteiger partial charge is 0.258 e. The summed E-state index contributed by atoms with van der Waals surface area (Å²) >= 11 is 11.3. The van der Waals surface area contributed by atoms with E-state index in [9.17, 15) is 13.6 Å². The number of benzene rings is 2. The predicted octanol–water partition coefficient (Wildman–Crippen LogP) is 4.11. The van der Waals surface area contributed by atoms with Gasteiger partial charge in [0, 0.05) is 5.69 Å². The quantitative estimate of drug-likeness (QED) is 0.647. The van der Waals surface area contributed by atoms with Crippen LogP contribution in [0.3, 0.4) is 0 Å². The lowest BCUT2D eigenvalue weighted by atomic mass is 10.2. The van der Waals surface area contributed by atoms with Gasteiger partial charge in [0.25, 0.3) is 5.91 Å². The molecule has 2 rings (SSSR count). The highest BCUT2D eigenvalue weighted by molar-refractivity contribution is 6.34. The van der Waals surface area contributed by atoms with E-state index < -0.39 is 28.1 Å². The van der Waals surface area contributed by atoms with E-state index in [0.717, 1.165) is 12.1 Å². The number of rotatable bonds is 2. The number of anilines is 2. The number of nitrogens with two attached hydrogens (primary N) is 1. The monoisotopic (exact) mass is 316 g/mol. The molecule has 3 N–H and O–H groups in total. The first-order chi connectivity index (χ1) is 9.38. The third-order valence-corrected chi connectivity index (χ3v) is 3.10. The summed E-state index contributed by atoms with van der Waals surface area (Å²) in [6.07, 6.45) is 0. The first kappa shape index (κ1) is 14.6. The maximum absolute atomic E-state index is 13.6. The van der Waals surface area contributed by atoms with Gasteiger partial charge in [-0.3, -0.25) is 4.79 Å². The first-order valence-corrected chi connectivity index (χ1v) is 6.15. The highest BCUT2D eigenvalue weighted by Crippen LogP contribution is 2.25. The number of carbonyl (C=O) groups is 1. The fourth-order valence-electron chi connectivity index (χ4n) is 1.52. The van der Waals surface area contributed by atoms with Crippen molar-refractivity contribution in [2.45, 2.75) is 0 Å². The summed E-state index contributed by atoms with van der Waals surface area (Å²) in [4.78, 5) is 11.9. The van der Waals surface area contributed by atoms with Crippen molar-refractivity contribution in [2.24, 2.45) is 0 Å². The molecule has 20 heavy (non-hydrogen) atoms. The minimum Gasteiger partial charge on any atom is -0.399 e. The Kier molecular flexibility index (Phi) is 4.11. The molecule has 2 aromatic rings. The van der Waals surface area contributed by atoms with Crippen molar-refractivity contribution in [1.29, 1.82) is 0 Å². The second-order valence-corrected chi connectivity index (χ2v) is 4.75. The number of amides is 1. The fraction of sp³-hybridized carbons (Fsp3) is 0. The molecular formula is C13H8Cl2F2N2O. The molecule has 7 heteroatoms. The molecule has 0 bridgehead atoms. The molecule has 2 aromatic carbocycles. The summed E-state index contributed by atoms with van der Waals surface area (Å²) in [5.74, 6) is -2.66. The summed E-state index contributed by atoms with van der Waals surface area (Å²) in [6, 6.07) is 5.85. The topological polar surface area (TPSA) is 55.1 Å². The molecule has 0 unspecified atom stereocenters. The Hall–Kier alpha value is -1.85. The molecule has 0 spiro atoms. The summed E-state index contributed by atoms with van der Waals surface area (Å²) in [6.45, 7) is 0. The summed E-state index contributed by atoms with van der Waals surface area (Å²) in [5, 5.41) is 2.15. The summed E-state index contributed by atoms with van der Waals surface area (Å²) in [7, 11) is 0. The average molecular weight is 317 g/mol. The van der Waals surface area contributed by atoms with E-state index in [-0.39, 0.29) is 10.7 Å². The largest absolute Gasteiger partial charge is 0.399 e. The zero-order chi connectivity index (χ0) is 14.9. The highest BCUT2D eigenvalue weighted by Gasteiger charge is 2.16. The van der Waals surface area contributed by atoms with Gasteiger partial charge in [-0.25, -0.2) is 8.78 Å². The van der Waals surface area contributed by atoms with E-state index in [0.29, 0.717) is 5.69 Å². The van der Waals surface area contributed by atoms with Gasteiger partial charge in [0.05, 0.1) is 21.3 Å². The number of hydrogen-bond acceptors (Lipinski definition) is 2. The van der Waals surface area contributed by atoms with Crippen molar-refractivity contribution < 1.29 is 13.6 Å². The Morgan fingerprint density at radius 1 is 1.05 bits per heavy atom. The van der Waals surface area contributed by atoms with Crippen molar-refractivity contribution in [3.05, 3.63) is 57.6 Å². The van der Waals surface area contributed by atoms with Crippen LogP contribution in [0.5, 0.6) is 0 Å².